The van der Waals surface area contributed by atoms with Crippen LogP contribution in [0.15, 0.2) is 176 Å². The monoisotopic (exact) mass is 1020 g/mol. The molecule has 0 aliphatic carbocycles. The molecular formula is C57H61BrO10S. The highest BCUT2D eigenvalue weighted by Crippen LogP contribution is 2.41. The SMILES string of the molecule is CCS[C@@H]1O[C@H](COCc2cccc(CBr)c2)[C@@H](O[C@H]2O[C@@H]3COC(c4ccccc4)O[C@H]3[C@H](OCc3ccccc3)[C@H]2OCc2ccccc2)[C@H](OCc2ccccc2)[C@H]1OCc1ccccc1. The summed E-state index contributed by atoms with van der Waals surface area (Å²) in [4.78, 5) is 0. The van der Waals surface area contributed by atoms with Crippen LogP contribution in [0, 0.1) is 0 Å². The van der Waals surface area contributed by atoms with Gasteiger partial charge in [-0.2, -0.15) is 0 Å². The lowest BCUT2D eigenvalue weighted by atomic mass is 9.95. The number of hydrogen-bond acceptors (Lipinski definition) is 11. The number of halogens is 1. The second-order valence-electron chi connectivity index (χ2n) is 17.3. The average Bonchev–Trinajstić information content (AvgIpc) is 3.41. The van der Waals surface area contributed by atoms with Crippen molar-refractivity contribution in [1.82, 2.24) is 0 Å². The average molecular weight is 1020 g/mol. The molecule has 3 heterocycles. The predicted octanol–water partition coefficient (Wildman–Crippen LogP) is 11.1. The fraction of sp³-hybridized carbons (Fsp3) is 0.368. The van der Waals surface area contributed by atoms with Gasteiger partial charge in [0, 0.05) is 10.9 Å². The minimum Gasteiger partial charge on any atom is -0.374 e. The molecule has 3 aliphatic heterocycles. The van der Waals surface area contributed by atoms with Gasteiger partial charge in [-0.3, -0.25) is 0 Å². The van der Waals surface area contributed by atoms with Crippen LogP contribution < -0.4 is 0 Å². The van der Waals surface area contributed by atoms with Gasteiger partial charge >= 0.3 is 0 Å². The van der Waals surface area contributed by atoms with Gasteiger partial charge in [0.15, 0.2) is 12.6 Å². The van der Waals surface area contributed by atoms with Crippen molar-refractivity contribution in [2.45, 2.75) is 112 Å². The van der Waals surface area contributed by atoms with Crippen molar-refractivity contribution in [3.8, 4) is 0 Å². The van der Waals surface area contributed by atoms with E-state index in [0.29, 0.717) is 26.4 Å². The van der Waals surface area contributed by atoms with Crippen LogP contribution >= 0.6 is 27.7 Å². The third-order valence-electron chi connectivity index (χ3n) is 12.4. The molecule has 0 N–H and O–H groups in total. The first-order chi connectivity index (χ1) is 34.1. The highest BCUT2D eigenvalue weighted by Gasteiger charge is 2.55. The molecular weight excluding hydrogens is 957 g/mol. The topological polar surface area (TPSA) is 92.3 Å². The van der Waals surface area contributed by atoms with E-state index in [2.05, 4.69) is 83.5 Å². The Bertz CT molecular complexity index is 2390. The molecule has 3 fully saturated rings. The summed E-state index contributed by atoms with van der Waals surface area (Å²) in [5.41, 5.74) is 6.77. The quantitative estimate of drug-likeness (QED) is 0.0609. The smallest absolute Gasteiger partial charge is 0.187 e. The number of alkyl halides is 1. The fourth-order valence-electron chi connectivity index (χ4n) is 8.96. The van der Waals surface area contributed by atoms with Crippen molar-refractivity contribution in [3.05, 3.63) is 215 Å². The van der Waals surface area contributed by atoms with Gasteiger partial charge < -0.3 is 47.4 Å². The molecule has 0 aromatic heterocycles. The minimum absolute atomic E-state index is 0.202. The van der Waals surface area contributed by atoms with Crippen molar-refractivity contribution in [3.63, 3.8) is 0 Å². The Morgan fingerprint density at radius 3 is 1.58 bits per heavy atom. The summed E-state index contributed by atoms with van der Waals surface area (Å²) in [6.45, 7) is 4.16. The summed E-state index contributed by atoms with van der Waals surface area (Å²) in [6.07, 6.45) is -6.87. The summed E-state index contributed by atoms with van der Waals surface area (Å²) < 4.78 is 69.7. The number of fused-ring (bicyclic) bond motifs is 1. The summed E-state index contributed by atoms with van der Waals surface area (Å²) >= 11 is 5.29. The van der Waals surface area contributed by atoms with Crippen molar-refractivity contribution >= 4 is 27.7 Å². The third kappa shape index (κ3) is 13.6. The molecule has 6 aromatic carbocycles. The van der Waals surface area contributed by atoms with Gasteiger partial charge in [-0.1, -0.05) is 199 Å². The first kappa shape index (κ1) is 49.7. The van der Waals surface area contributed by atoms with E-state index in [1.165, 1.54) is 5.56 Å². The van der Waals surface area contributed by atoms with Crippen molar-refractivity contribution in [1.29, 1.82) is 0 Å². The third-order valence-corrected chi connectivity index (χ3v) is 14.1. The maximum Gasteiger partial charge on any atom is 0.187 e. The van der Waals surface area contributed by atoms with Gasteiger partial charge in [-0.25, -0.2) is 0 Å². The van der Waals surface area contributed by atoms with Crippen molar-refractivity contribution < 1.29 is 47.4 Å². The van der Waals surface area contributed by atoms with Gasteiger partial charge in [0.25, 0.3) is 0 Å². The van der Waals surface area contributed by atoms with Crippen LogP contribution in [0.25, 0.3) is 0 Å². The van der Waals surface area contributed by atoms with E-state index in [1.54, 1.807) is 11.8 Å². The second-order valence-corrected chi connectivity index (χ2v) is 19.3. The van der Waals surface area contributed by atoms with E-state index in [4.69, 9.17) is 47.4 Å². The Morgan fingerprint density at radius 2 is 1.01 bits per heavy atom. The van der Waals surface area contributed by atoms with Gasteiger partial charge in [0.05, 0.1) is 46.2 Å². The molecule has 0 saturated carbocycles. The number of thioether (sulfide) groups is 1. The van der Waals surface area contributed by atoms with E-state index >= 15 is 0 Å². The van der Waals surface area contributed by atoms with Crippen LogP contribution in [-0.2, 0) is 85.7 Å². The normalized spacial score (nSPS) is 26.8. The lowest BCUT2D eigenvalue weighted by Gasteiger charge is -2.51. The highest BCUT2D eigenvalue weighted by atomic mass is 79.9. The Labute approximate surface area is 418 Å². The van der Waals surface area contributed by atoms with E-state index in [9.17, 15) is 0 Å². The second kappa shape index (κ2) is 25.7. The van der Waals surface area contributed by atoms with Crippen LogP contribution in [0.2, 0.25) is 0 Å². The zero-order valence-corrected chi connectivity index (χ0v) is 41.2. The zero-order valence-electron chi connectivity index (χ0n) is 38.8. The first-order valence-corrected chi connectivity index (χ1v) is 26.0. The molecule has 11 atom stereocenters. The van der Waals surface area contributed by atoms with Gasteiger partial charge in [-0.15, -0.1) is 11.8 Å². The lowest BCUT2D eigenvalue weighted by Crippen LogP contribution is -2.66. The molecule has 362 valence electrons. The van der Waals surface area contributed by atoms with Gasteiger partial charge in [0.1, 0.15) is 54.3 Å². The van der Waals surface area contributed by atoms with Gasteiger partial charge in [-0.05, 0) is 39.1 Å². The maximum absolute atomic E-state index is 7.47. The summed E-state index contributed by atoms with van der Waals surface area (Å²) in [7, 11) is 0. The van der Waals surface area contributed by atoms with Crippen LogP contribution in [-0.4, -0.2) is 79.5 Å². The molecule has 0 spiro atoms. The van der Waals surface area contributed by atoms with E-state index in [-0.39, 0.29) is 19.8 Å². The standard InChI is InChI=1S/C57H61BrO10S/c1-2-69-57-54(63-37-43-25-14-6-15-26-43)52(61-35-41-21-10-4-11-22-41)49(47(66-57)38-59-33-45-28-18-27-44(31-45)32-58)68-56-53(62-36-42-23-12-5-13-24-42)51(60-34-40-19-8-3-9-20-40)50-48(65-56)39-64-55(67-50)46-29-16-7-17-30-46/h3-31,47-57H,2,32-39H2,1H3/t47-,48-,49-,50-,51+,52+,53-,54-,55?,56-,57+/m1/s1. The Kier molecular flexibility index (Phi) is 18.5. The van der Waals surface area contributed by atoms with Crippen LogP contribution in [0.4, 0.5) is 0 Å². The molecule has 0 amide bonds. The Hall–Kier alpha value is -4.25. The predicted molar refractivity (Wildman–Crippen MR) is 269 cm³/mol. The number of rotatable bonds is 22. The van der Waals surface area contributed by atoms with Crippen LogP contribution in [0.1, 0.15) is 52.2 Å². The molecule has 0 radical (unpaired) electrons. The molecule has 3 saturated heterocycles. The molecule has 3 aliphatic rings. The minimum atomic E-state index is -1.00. The molecule has 69 heavy (non-hydrogen) atoms. The van der Waals surface area contributed by atoms with Crippen LogP contribution in [0.3, 0.4) is 0 Å². The maximum atomic E-state index is 7.47. The zero-order chi connectivity index (χ0) is 47.0. The number of ether oxygens (including phenoxy) is 10. The van der Waals surface area contributed by atoms with Gasteiger partial charge in [0.2, 0.25) is 0 Å². The van der Waals surface area contributed by atoms with E-state index in [0.717, 1.165) is 44.5 Å². The summed E-state index contributed by atoms with van der Waals surface area (Å²) in [6, 6.07) is 58.9. The van der Waals surface area contributed by atoms with Crippen molar-refractivity contribution in [2.24, 2.45) is 0 Å². The number of hydrogen-bond donors (Lipinski definition) is 0. The molecule has 0 bridgehead atoms. The first-order valence-electron chi connectivity index (χ1n) is 23.9. The fourth-order valence-corrected chi connectivity index (χ4v) is 10.3. The molecule has 12 heteroatoms. The van der Waals surface area contributed by atoms with E-state index < -0.39 is 66.8 Å². The Balaban J connectivity index is 1.09. The van der Waals surface area contributed by atoms with E-state index in [1.807, 2.05) is 115 Å². The largest absolute Gasteiger partial charge is 0.374 e. The summed E-state index contributed by atoms with van der Waals surface area (Å²) in [5, 5.41) is 0.749. The summed E-state index contributed by atoms with van der Waals surface area (Å²) in [5.74, 6) is 0.786. The van der Waals surface area contributed by atoms with Crippen LogP contribution in [0.5, 0.6) is 0 Å². The number of benzene rings is 6. The Morgan fingerprint density at radius 1 is 0.507 bits per heavy atom. The van der Waals surface area contributed by atoms with Crippen molar-refractivity contribution in [2.75, 3.05) is 19.0 Å². The molecule has 10 nitrogen and oxygen atoms in total. The molecule has 9 rings (SSSR count). The highest BCUT2D eigenvalue weighted by molar-refractivity contribution is 9.08. The molecule has 1 unspecified atom stereocenters. The molecule has 6 aromatic rings. The lowest BCUT2D eigenvalue weighted by molar-refractivity contribution is -0.389.